The molecule has 2 aromatic carbocycles. The molecule has 0 amide bonds. The minimum absolute atomic E-state index is 0.0251. The van der Waals surface area contributed by atoms with Gasteiger partial charge in [-0.2, -0.15) is 0 Å². The third kappa shape index (κ3) is 2.55. The van der Waals surface area contributed by atoms with Crippen LogP contribution >= 0.6 is 23.4 Å². The predicted molar refractivity (Wildman–Crippen MR) is 104 cm³/mol. The second-order valence-corrected chi connectivity index (χ2v) is 8.79. The molecule has 3 heterocycles. The number of hydrogen-bond donors (Lipinski definition) is 1. The van der Waals surface area contributed by atoms with Crippen LogP contribution in [0, 0.1) is 11.6 Å². The number of hydrogen-bond acceptors (Lipinski definition) is 3. The Kier molecular flexibility index (Phi) is 4.14. The van der Waals surface area contributed by atoms with Crippen molar-refractivity contribution in [3.05, 3.63) is 46.5 Å². The first-order chi connectivity index (χ1) is 12.6. The molecule has 0 aliphatic carbocycles. The number of fused-ring (bicyclic) bond motifs is 3. The van der Waals surface area contributed by atoms with Crippen LogP contribution in [0.2, 0.25) is 5.02 Å². The number of piperidine rings is 1. The molecule has 0 saturated carbocycles. The van der Waals surface area contributed by atoms with Crippen molar-refractivity contribution in [2.24, 2.45) is 0 Å². The van der Waals surface area contributed by atoms with Gasteiger partial charge in [-0.1, -0.05) is 11.6 Å². The van der Waals surface area contributed by atoms with Gasteiger partial charge in [0.2, 0.25) is 0 Å². The topological polar surface area (TPSA) is 15.3 Å². The molecule has 0 unspecified atom stereocenters. The average molecular weight is 393 g/mol. The Morgan fingerprint density at radius 2 is 1.96 bits per heavy atom. The molecule has 1 N–H and O–H groups in total. The molecule has 26 heavy (non-hydrogen) atoms. The van der Waals surface area contributed by atoms with Gasteiger partial charge in [-0.15, -0.1) is 11.8 Å². The second kappa shape index (κ2) is 6.39. The highest BCUT2D eigenvalue weighted by atomic mass is 35.5. The predicted octanol–water partition coefficient (Wildman–Crippen LogP) is 5.05. The molecule has 0 radical (unpaired) electrons. The van der Waals surface area contributed by atoms with Crippen molar-refractivity contribution in [3.8, 4) is 11.1 Å². The van der Waals surface area contributed by atoms with Gasteiger partial charge in [0.15, 0.2) is 0 Å². The molecule has 1 fully saturated rings. The molecule has 0 bridgehead atoms. The summed E-state index contributed by atoms with van der Waals surface area (Å²) >= 11 is 7.61. The van der Waals surface area contributed by atoms with Crippen LogP contribution in [0.4, 0.5) is 14.5 Å². The minimum atomic E-state index is -0.603. The van der Waals surface area contributed by atoms with Gasteiger partial charge in [-0.05, 0) is 60.5 Å². The summed E-state index contributed by atoms with van der Waals surface area (Å²) in [7, 11) is 0. The Balaban J connectivity index is 1.71. The maximum atomic E-state index is 14.5. The molecular weight excluding hydrogens is 374 g/mol. The second-order valence-electron chi connectivity index (χ2n) is 7.22. The summed E-state index contributed by atoms with van der Waals surface area (Å²) in [6.07, 6.45) is 2.25. The number of rotatable bonds is 1. The van der Waals surface area contributed by atoms with E-state index >= 15 is 0 Å². The fourth-order valence-electron chi connectivity index (χ4n) is 4.69. The summed E-state index contributed by atoms with van der Waals surface area (Å²) < 4.78 is 29.1. The molecule has 2 nitrogen and oxygen atoms in total. The van der Waals surface area contributed by atoms with E-state index in [-0.39, 0.29) is 10.6 Å². The van der Waals surface area contributed by atoms with E-state index in [2.05, 4.69) is 10.2 Å². The molecule has 1 saturated heterocycles. The van der Waals surface area contributed by atoms with Gasteiger partial charge in [0.05, 0.1) is 11.3 Å². The summed E-state index contributed by atoms with van der Waals surface area (Å²) in [6.45, 7) is 3.02. The molecule has 5 rings (SSSR count). The van der Waals surface area contributed by atoms with Gasteiger partial charge >= 0.3 is 0 Å². The number of nitrogens with one attached hydrogen (secondary N) is 1. The van der Waals surface area contributed by atoms with Crippen molar-refractivity contribution >= 4 is 29.1 Å². The number of benzene rings is 2. The van der Waals surface area contributed by atoms with Gasteiger partial charge < -0.3 is 10.2 Å². The van der Waals surface area contributed by atoms with Crippen molar-refractivity contribution in [1.29, 1.82) is 0 Å². The lowest BCUT2D eigenvalue weighted by Gasteiger charge is -2.33. The summed E-state index contributed by atoms with van der Waals surface area (Å²) in [5.41, 5.74) is 3.17. The number of nitrogens with zero attached hydrogens (tertiary/aromatic N) is 1. The largest absolute Gasteiger partial charge is 0.367 e. The van der Waals surface area contributed by atoms with Crippen LogP contribution in [0.1, 0.15) is 24.3 Å². The summed E-state index contributed by atoms with van der Waals surface area (Å²) in [5.74, 6) is 0.214. The molecule has 0 aromatic heterocycles. The van der Waals surface area contributed by atoms with Crippen molar-refractivity contribution < 1.29 is 8.78 Å². The Hall–Kier alpha value is -1.30. The first kappa shape index (κ1) is 16.8. The van der Waals surface area contributed by atoms with Gasteiger partial charge in [0.25, 0.3) is 0 Å². The molecule has 0 spiro atoms. The standard InChI is InChI=1S/C20H19ClF2N2S/c21-12-8-15(22)19(16(23)9-12)11-6-13-14-10-24-3-2-17(14)25-4-1-5-26-18(7-11)20(13)25/h6-9,14,17,24H,1-5,10H2/t14-,17-/m0/s1. The monoisotopic (exact) mass is 392 g/mol. The highest BCUT2D eigenvalue weighted by molar-refractivity contribution is 7.99. The van der Waals surface area contributed by atoms with Gasteiger partial charge in [-0.25, -0.2) is 8.78 Å². The number of halogens is 3. The molecule has 6 heteroatoms. The van der Waals surface area contributed by atoms with Crippen LogP contribution < -0.4 is 10.2 Å². The summed E-state index contributed by atoms with van der Waals surface area (Å²) in [6, 6.07) is 6.84. The summed E-state index contributed by atoms with van der Waals surface area (Å²) in [4.78, 5) is 3.70. The lowest BCUT2D eigenvalue weighted by atomic mass is 9.88. The third-order valence-corrected chi connectivity index (χ3v) is 7.07. The molecule has 136 valence electrons. The quantitative estimate of drug-likeness (QED) is 0.731. The smallest absolute Gasteiger partial charge is 0.135 e. The zero-order valence-electron chi connectivity index (χ0n) is 14.2. The number of anilines is 1. The van der Waals surface area contributed by atoms with Crippen molar-refractivity contribution in [2.75, 3.05) is 30.3 Å². The Bertz CT molecular complexity index is 865. The van der Waals surface area contributed by atoms with E-state index < -0.39 is 11.6 Å². The molecule has 3 aliphatic heterocycles. The first-order valence-corrected chi connectivity index (χ1v) is 10.4. The van der Waals surface area contributed by atoms with E-state index in [4.69, 9.17) is 11.6 Å². The zero-order valence-corrected chi connectivity index (χ0v) is 15.8. The van der Waals surface area contributed by atoms with Crippen molar-refractivity contribution in [2.45, 2.75) is 29.7 Å². The average Bonchev–Trinajstić information content (AvgIpc) is 2.77. The fraction of sp³-hybridized carbons (Fsp3) is 0.400. The van der Waals surface area contributed by atoms with Gasteiger partial charge in [0.1, 0.15) is 11.6 Å². The highest BCUT2D eigenvalue weighted by Crippen LogP contribution is 2.51. The van der Waals surface area contributed by atoms with E-state index in [1.807, 2.05) is 12.1 Å². The Morgan fingerprint density at radius 3 is 2.77 bits per heavy atom. The third-order valence-electron chi connectivity index (χ3n) is 5.73. The van der Waals surface area contributed by atoms with Gasteiger partial charge in [0, 0.05) is 35.0 Å². The van der Waals surface area contributed by atoms with Crippen LogP contribution in [-0.4, -0.2) is 31.4 Å². The zero-order chi connectivity index (χ0) is 17.8. The van der Waals surface area contributed by atoms with E-state index in [0.717, 1.165) is 43.1 Å². The van der Waals surface area contributed by atoms with E-state index in [0.29, 0.717) is 17.5 Å². The van der Waals surface area contributed by atoms with Crippen LogP contribution in [0.3, 0.4) is 0 Å². The fourth-order valence-corrected chi connectivity index (χ4v) is 5.95. The van der Waals surface area contributed by atoms with E-state index in [9.17, 15) is 8.78 Å². The maximum Gasteiger partial charge on any atom is 0.135 e. The van der Waals surface area contributed by atoms with Crippen molar-refractivity contribution in [1.82, 2.24) is 5.32 Å². The van der Waals surface area contributed by atoms with E-state index in [1.54, 1.807) is 11.8 Å². The molecular formula is C20H19ClF2N2S. The maximum absolute atomic E-state index is 14.5. The van der Waals surface area contributed by atoms with Crippen LogP contribution in [0.15, 0.2) is 29.2 Å². The van der Waals surface area contributed by atoms with E-state index in [1.165, 1.54) is 23.4 Å². The molecule has 2 aromatic rings. The highest BCUT2D eigenvalue weighted by Gasteiger charge is 2.42. The number of thioether (sulfide) groups is 1. The van der Waals surface area contributed by atoms with Crippen LogP contribution in [0.25, 0.3) is 11.1 Å². The molecule has 2 atom stereocenters. The van der Waals surface area contributed by atoms with Crippen molar-refractivity contribution in [3.63, 3.8) is 0 Å². The Labute approximate surface area is 160 Å². The molecule has 3 aliphatic rings. The lowest BCUT2D eigenvalue weighted by molar-refractivity contribution is 0.403. The van der Waals surface area contributed by atoms with Crippen LogP contribution in [0.5, 0.6) is 0 Å². The SMILES string of the molecule is Fc1cc(Cl)cc(F)c1-c1cc2c3c(c1)[C@@H]1CNCC[C@@H]1N3CCCS2. The normalized spacial score (nSPS) is 24.2. The van der Waals surface area contributed by atoms with Gasteiger partial charge in [-0.3, -0.25) is 0 Å². The first-order valence-electron chi connectivity index (χ1n) is 9.06. The van der Waals surface area contributed by atoms with Crippen LogP contribution in [-0.2, 0) is 0 Å². The minimum Gasteiger partial charge on any atom is -0.367 e. The lowest BCUT2D eigenvalue weighted by Crippen LogP contribution is -2.44. The summed E-state index contributed by atoms with van der Waals surface area (Å²) in [5, 5.41) is 3.57. The Morgan fingerprint density at radius 1 is 1.15 bits per heavy atom.